The smallest absolute Gasteiger partial charge is 0.252 e. The Balaban J connectivity index is 1.39. The van der Waals surface area contributed by atoms with Crippen molar-refractivity contribution >= 4 is 28.4 Å². The van der Waals surface area contributed by atoms with Gasteiger partial charge in [0.2, 0.25) is 0 Å². The van der Waals surface area contributed by atoms with Gasteiger partial charge in [0, 0.05) is 23.1 Å². The first-order valence-electron chi connectivity index (χ1n) is 10.9. The number of pyridine rings is 1. The number of carbonyl (C=O) groups is 1. The number of likely N-dealkylation sites (tertiary alicyclic amines) is 1. The maximum Gasteiger partial charge on any atom is 0.252 e. The summed E-state index contributed by atoms with van der Waals surface area (Å²) in [6.07, 6.45) is 2.70. The number of ether oxygens (including phenoxy) is 1. The van der Waals surface area contributed by atoms with Gasteiger partial charge in [-0.15, -0.1) is 0 Å². The van der Waals surface area contributed by atoms with Crippen molar-refractivity contribution in [1.82, 2.24) is 15.2 Å². The monoisotopic (exact) mass is 453 g/mol. The van der Waals surface area contributed by atoms with Crippen LogP contribution in [0.15, 0.2) is 42.5 Å². The van der Waals surface area contributed by atoms with Gasteiger partial charge in [-0.2, -0.15) is 0 Å². The third kappa shape index (κ3) is 3.93. The van der Waals surface area contributed by atoms with E-state index in [0.29, 0.717) is 29.5 Å². The number of nitrogens with zero attached hydrogens (tertiary/aromatic N) is 2. The van der Waals surface area contributed by atoms with E-state index in [0.717, 1.165) is 42.3 Å². The molecule has 1 saturated carbocycles. The van der Waals surface area contributed by atoms with Crippen molar-refractivity contribution in [2.45, 2.75) is 37.8 Å². The maximum absolute atomic E-state index is 13.7. The number of benzene rings is 2. The maximum atomic E-state index is 13.7. The predicted molar refractivity (Wildman–Crippen MR) is 123 cm³/mol. The Morgan fingerprint density at radius 2 is 2.09 bits per heavy atom. The number of amides is 1. The van der Waals surface area contributed by atoms with Gasteiger partial charge in [0.05, 0.1) is 11.1 Å². The zero-order valence-corrected chi connectivity index (χ0v) is 18.9. The van der Waals surface area contributed by atoms with Crippen LogP contribution in [0, 0.1) is 12.7 Å². The van der Waals surface area contributed by atoms with Crippen LogP contribution in [0.4, 0.5) is 4.39 Å². The number of halogens is 2. The molecule has 0 spiro atoms. The first-order chi connectivity index (χ1) is 15.3. The van der Waals surface area contributed by atoms with Crippen molar-refractivity contribution < 1.29 is 13.9 Å². The van der Waals surface area contributed by atoms with E-state index in [-0.39, 0.29) is 16.9 Å². The second-order valence-corrected chi connectivity index (χ2v) is 9.29. The highest BCUT2D eigenvalue weighted by molar-refractivity contribution is 6.30. The number of likely N-dealkylation sites (N-methyl/N-ethyl adjacent to an activating group) is 1. The third-order valence-corrected chi connectivity index (χ3v) is 6.89. The first-order valence-corrected chi connectivity index (χ1v) is 11.2. The average molecular weight is 454 g/mol. The lowest BCUT2D eigenvalue weighted by Gasteiger charge is -2.37. The number of hydrogen-bond acceptors (Lipinski definition) is 4. The number of nitrogens with one attached hydrogen (secondary N) is 1. The minimum atomic E-state index is -0.530. The molecule has 5 nitrogen and oxygen atoms in total. The summed E-state index contributed by atoms with van der Waals surface area (Å²) in [4.78, 5) is 19.8. The Bertz CT molecular complexity index is 1210. The van der Waals surface area contributed by atoms with E-state index in [1.165, 1.54) is 12.1 Å². The molecule has 2 heterocycles. The molecule has 1 aliphatic heterocycles. The van der Waals surface area contributed by atoms with E-state index in [2.05, 4.69) is 22.2 Å². The number of aromatic nitrogens is 1. The molecule has 0 radical (unpaired) electrons. The molecule has 0 bridgehead atoms. The standard InChI is InChI=1S/C25H25ClFN3O2/c1-15-3-5-18(32-14-17-7-10-30(17)2)12-20(15)24(31)29-25(8-9-25)21-13-23(26)28-22-11-16(27)4-6-19(21)22/h3-6,11-13,17H,7-10,14H2,1-2H3,(H,29,31)/t17-/m0/s1. The van der Waals surface area contributed by atoms with Gasteiger partial charge in [-0.25, -0.2) is 9.37 Å². The average Bonchev–Trinajstić information content (AvgIpc) is 3.53. The lowest BCUT2D eigenvalue weighted by molar-refractivity contribution is 0.0767. The third-order valence-electron chi connectivity index (χ3n) is 6.69. The second kappa shape index (κ2) is 8.01. The van der Waals surface area contributed by atoms with Gasteiger partial charge in [-0.05, 0) is 81.2 Å². The molecule has 5 rings (SSSR count). The Hall–Kier alpha value is -2.70. The summed E-state index contributed by atoms with van der Waals surface area (Å²) in [5.41, 5.74) is 2.30. The number of carbonyl (C=O) groups excluding carboxylic acids is 1. The van der Waals surface area contributed by atoms with E-state index in [9.17, 15) is 9.18 Å². The zero-order chi connectivity index (χ0) is 22.5. The highest BCUT2D eigenvalue weighted by atomic mass is 35.5. The van der Waals surface area contributed by atoms with Crippen LogP contribution >= 0.6 is 11.6 Å². The summed E-state index contributed by atoms with van der Waals surface area (Å²) >= 11 is 6.23. The van der Waals surface area contributed by atoms with Crippen LogP contribution in [0.2, 0.25) is 5.15 Å². The van der Waals surface area contributed by atoms with Crippen molar-refractivity contribution in [2.75, 3.05) is 20.2 Å². The zero-order valence-electron chi connectivity index (χ0n) is 18.1. The van der Waals surface area contributed by atoms with Crippen molar-refractivity contribution in [1.29, 1.82) is 0 Å². The Kier molecular flexibility index (Phi) is 5.30. The van der Waals surface area contributed by atoms with Gasteiger partial charge in [-0.3, -0.25) is 9.69 Å². The van der Waals surface area contributed by atoms with E-state index >= 15 is 0 Å². The highest BCUT2D eigenvalue weighted by Crippen LogP contribution is 2.48. The molecule has 2 aliphatic rings. The van der Waals surface area contributed by atoms with Crippen molar-refractivity contribution in [3.05, 3.63) is 70.1 Å². The van der Waals surface area contributed by atoms with Crippen LogP contribution in [0.3, 0.4) is 0 Å². The summed E-state index contributed by atoms with van der Waals surface area (Å²) in [5.74, 6) is 0.167. The number of hydrogen-bond donors (Lipinski definition) is 1. The molecule has 7 heteroatoms. The molecule has 1 saturated heterocycles. The fourth-order valence-corrected chi connectivity index (χ4v) is 4.55. The summed E-state index contributed by atoms with van der Waals surface area (Å²) in [5, 5.41) is 4.30. The lowest BCUT2D eigenvalue weighted by Crippen LogP contribution is -2.48. The van der Waals surface area contributed by atoms with Crippen molar-refractivity contribution in [3.8, 4) is 5.75 Å². The van der Waals surface area contributed by atoms with Gasteiger partial charge in [0.1, 0.15) is 23.3 Å². The van der Waals surface area contributed by atoms with Gasteiger partial charge in [0.15, 0.2) is 0 Å². The molecular formula is C25H25ClFN3O2. The molecule has 1 amide bonds. The van der Waals surface area contributed by atoms with Gasteiger partial charge >= 0.3 is 0 Å². The molecule has 1 atom stereocenters. The van der Waals surface area contributed by atoms with E-state index < -0.39 is 5.54 Å². The summed E-state index contributed by atoms with van der Waals surface area (Å²) in [6, 6.07) is 12.3. The summed E-state index contributed by atoms with van der Waals surface area (Å²) in [7, 11) is 2.09. The second-order valence-electron chi connectivity index (χ2n) is 8.90. The molecule has 0 unspecified atom stereocenters. The summed E-state index contributed by atoms with van der Waals surface area (Å²) in [6.45, 7) is 3.63. The van der Waals surface area contributed by atoms with E-state index in [1.807, 2.05) is 25.1 Å². The van der Waals surface area contributed by atoms with Gasteiger partial charge in [-0.1, -0.05) is 17.7 Å². The van der Waals surface area contributed by atoms with Crippen molar-refractivity contribution in [3.63, 3.8) is 0 Å². The Morgan fingerprint density at radius 3 is 2.78 bits per heavy atom. The van der Waals surface area contributed by atoms with Crippen LogP contribution in [0.5, 0.6) is 5.75 Å². The molecule has 3 aromatic rings. The number of rotatable bonds is 6. The fraction of sp³-hybridized carbons (Fsp3) is 0.360. The summed E-state index contributed by atoms with van der Waals surface area (Å²) < 4.78 is 19.7. The Labute approximate surface area is 191 Å². The molecule has 1 aromatic heterocycles. The van der Waals surface area contributed by atoms with Crippen LogP contribution in [0.25, 0.3) is 10.9 Å². The molecule has 2 aromatic carbocycles. The van der Waals surface area contributed by atoms with Crippen LogP contribution in [-0.4, -0.2) is 42.0 Å². The first kappa shape index (κ1) is 21.2. The minimum Gasteiger partial charge on any atom is -0.492 e. The Morgan fingerprint density at radius 1 is 1.28 bits per heavy atom. The molecule has 1 N–H and O–H groups in total. The SMILES string of the molecule is Cc1ccc(OC[C@@H]2CCN2C)cc1C(=O)NC1(c2cc(Cl)nc3cc(F)ccc23)CC1. The van der Waals surface area contributed by atoms with E-state index in [4.69, 9.17) is 16.3 Å². The molecule has 166 valence electrons. The highest BCUT2D eigenvalue weighted by Gasteiger charge is 2.47. The number of fused-ring (bicyclic) bond motifs is 1. The molecular weight excluding hydrogens is 429 g/mol. The van der Waals surface area contributed by atoms with Crippen molar-refractivity contribution in [2.24, 2.45) is 0 Å². The number of aryl methyl sites for hydroxylation is 1. The molecule has 2 fully saturated rings. The topological polar surface area (TPSA) is 54.5 Å². The van der Waals surface area contributed by atoms with Crippen LogP contribution in [0.1, 0.15) is 40.7 Å². The molecule has 1 aliphatic carbocycles. The van der Waals surface area contributed by atoms with Gasteiger partial charge < -0.3 is 10.1 Å². The van der Waals surface area contributed by atoms with Crippen LogP contribution < -0.4 is 10.1 Å². The molecule has 32 heavy (non-hydrogen) atoms. The normalized spacial score (nSPS) is 19.4. The lowest BCUT2D eigenvalue weighted by atomic mass is 9.99. The largest absolute Gasteiger partial charge is 0.492 e. The van der Waals surface area contributed by atoms with Crippen LogP contribution in [-0.2, 0) is 5.54 Å². The predicted octanol–water partition coefficient (Wildman–Crippen LogP) is 4.84. The quantitative estimate of drug-likeness (QED) is 0.543. The van der Waals surface area contributed by atoms with E-state index in [1.54, 1.807) is 12.1 Å². The minimum absolute atomic E-state index is 0.158. The fourth-order valence-electron chi connectivity index (χ4n) is 4.34. The van der Waals surface area contributed by atoms with Gasteiger partial charge in [0.25, 0.3) is 5.91 Å².